The highest BCUT2D eigenvalue weighted by Crippen LogP contribution is 2.18. The summed E-state index contributed by atoms with van der Waals surface area (Å²) in [5.41, 5.74) is 2.92. The molecule has 184 valence electrons. The Bertz CT molecular complexity index is 1100. The van der Waals surface area contributed by atoms with Crippen LogP contribution in [0.4, 0.5) is 0 Å². The maximum absolute atomic E-state index is 13.5. The predicted molar refractivity (Wildman–Crippen MR) is 140 cm³/mol. The molecule has 35 heavy (non-hydrogen) atoms. The lowest BCUT2D eigenvalue weighted by molar-refractivity contribution is -0.142. The van der Waals surface area contributed by atoms with Crippen LogP contribution in [0.15, 0.2) is 78.9 Å². The van der Waals surface area contributed by atoms with Crippen LogP contribution >= 0.6 is 11.6 Å². The number of hydrogen-bond acceptors (Lipinski definition) is 3. The fourth-order valence-corrected chi connectivity index (χ4v) is 3.88. The van der Waals surface area contributed by atoms with Crippen LogP contribution in [0.5, 0.6) is 5.75 Å². The van der Waals surface area contributed by atoms with Crippen LogP contribution < -0.4 is 10.1 Å². The van der Waals surface area contributed by atoms with Gasteiger partial charge in [0.15, 0.2) is 6.61 Å². The molecule has 0 aliphatic rings. The fourth-order valence-electron chi connectivity index (χ4n) is 3.67. The first-order valence-electron chi connectivity index (χ1n) is 11.9. The Morgan fingerprint density at radius 1 is 0.943 bits per heavy atom. The zero-order chi connectivity index (χ0) is 25.2. The standard InChI is InChI=1S/C29H33ClN2O3/c1-21(2)18-31-29(34)27(17-23-8-5-4-6-9-23)32(19-24-10-7-11-25(30)16-24)28(33)20-35-26-14-12-22(3)13-15-26/h4-16,21,27H,17-20H2,1-3H3,(H,31,34)/t27-/m0/s1. The molecule has 2 amide bonds. The van der Waals surface area contributed by atoms with Gasteiger partial charge in [0.1, 0.15) is 11.8 Å². The maximum Gasteiger partial charge on any atom is 0.261 e. The van der Waals surface area contributed by atoms with Crippen LogP contribution in [0.25, 0.3) is 0 Å². The van der Waals surface area contributed by atoms with Gasteiger partial charge in [0.05, 0.1) is 0 Å². The normalized spacial score (nSPS) is 11.7. The van der Waals surface area contributed by atoms with E-state index >= 15 is 0 Å². The minimum Gasteiger partial charge on any atom is -0.484 e. The van der Waals surface area contributed by atoms with Crippen molar-refractivity contribution >= 4 is 23.4 Å². The van der Waals surface area contributed by atoms with Gasteiger partial charge in [0.25, 0.3) is 5.91 Å². The number of nitrogens with zero attached hydrogens (tertiary/aromatic N) is 1. The SMILES string of the molecule is Cc1ccc(OCC(=O)N(Cc2cccc(Cl)c2)[C@@H](Cc2ccccc2)C(=O)NCC(C)C)cc1. The number of carbonyl (C=O) groups excluding carboxylic acids is 2. The van der Waals surface area contributed by atoms with Crippen molar-refractivity contribution in [3.8, 4) is 5.75 Å². The monoisotopic (exact) mass is 492 g/mol. The van der Waals surface area contributed by atoms with Gasteiger partial charge in [-0.3, -0.25) is 9.59 Å². The van der Waals surface area contributed by atoms with Gasteiger partial charge in [0, 0.05) is 24.5 Å². The van der Waals surface area contributed by atoms with Crippen molar-refractivity contribution in [1.29, 1.82) is 0 Å². The van der Waals surface area contributed by atoms with Crippen molar-refractivity contribution in [3.05, 3.63) is 101 Å². The fraction of sp³-hybridized carbons (Fsp3) is 0.310. The molecular formula is C29H33ClN2O3. The van der Waals surface area contributed by atoms with Crippen LogP contribution in [0, 0.1) is 12.8 Å². The van der Waals surface area contributed by atoms with E-state index in [2.05, 4.69) is 5.32 Å². The molecule has 0 aromatic heterocycles. The van der Waals surface area contributed by atoms with Gasteiger partial charge < -0.3 is 15.0 Å². The summed E-state index contributed by atoms with van der Waals surface area (Å²) < 4.78 is 5.79. The number of benzene rings is 3. The summed E-state index contributed by atoms with van der Waals surface area (Å²) in [5, 5.41) is 3.59. The van der Waals surface area contributed by atoms with E-state index in [0.717, 1.165) is 16.7 Å². The molecule has 0 fully saturated rings. The number of aryl methyl sites for hydroxylation is 1. The molecule has 1 N–H and O–H groups in total. The Hall–Kier alpha value is -3.31. The van der Waals surface area contributed by atoms with E-state index in [-0.39, 0.29) is 25.0 Å². The molecule has 0 unspecified atom stereocenters. The number of nitrogens with one attached hydrogen (secondary N) is 1. The molecule has 0 radical (unpaired) electrons. The first kappa shape index (κ1) is 26.3. The van der Waals surface area contributed by atoms with Crippen molar-refractivity contribution in [1.82, 2.24) is 10.2 Å². The zero-order valence-electron chi connectivity index (χ0n) is 20.5. The minimum absolute atomic E-state index is 0.174. The van der Waals surface area contributed by atoms with Gasteiger partial charge in [-0.05, 0) is 48.2 Å². The summed E-state index contributed by atoms with van der Waals surface area (Å²) >= 11 is 6.21. The quantitative estimate of drug-likeness (QED) is 0.387. The van der Waals surface area contributed by atoms with E-state index in [4.69, 9.17) is 16.3 Å². The van der Waals surface area contributed by atoms with E-state index in [9.17, 15) is 9.59 Å². The van der Waals surface area contributed by atoms with Gasteiger partial charge in [-0.1, -0.05) is 85.6 Å². The van der Waals surface area contributed by atoms with Crippen LogP contribution in [0.3, 0.4) is 0 Å². The lowest BCUT2D eigenvalue weighted by Crippen LogP contribution is -2.52. The number of amides is 2. The number of rotatable bonds is 11. The minimum atomic E-state index is -0.704. The first-order valence-corrected chi connectivity index (χ1v) is 12.2. The second kappa shape index (κ2) is 13.0. The summed E-state index contributed by atoms with van der Waals surface area (Å²) in [7, 11) is 0. The zero-order valence-corrected chi connectivity index (χ0v) is 21.3. The summed E-state index contributed by atoms with van der Waals surface area (Å²) in [6.45, 7) is 6.66. The number of carbonyl (C=O) groups is 2. The highest BCUT2D eigenvalue weighted by Gasteiger charge is 2.30. The molecule has 1 atom stereocenters. The lowest BCUT2D eigenvalue weighted by atomic mass is 10.0. The van der Waals surface area contributed by atoms with Crippen LogP contribution in [0.1, 0.15) is 30.5 Å². The molecule has 0 saturated carbocycles. The molecule has 0 bridgehead atoms. The number of hydrogen-bond donors (Lipinski definition) is 1. The van der Waals surface area contributed by atoms with E-state index < -0.39 is 6.04 Å². The molecular weight excluding hydrogens is 460 g/mol. The highest BCUT2D eigenvalue weighted by atomic mass is 35.5. The molecule has 3 aromatic carbocycles. The lowest BCUT2D eigenvalue weighted by Gasteiger charge is -2.31. The topological polar surface area (TPSA) is 58.6 Å². The highest BCUT2D eigenvalue weighted by molar-refractivity contribution is 6.30. The second-order valence-corrected chi connectivity index (χ2v) is 9.53. The molecule has 3 rings (SSSR count). The average molecular weight is 493 g/mol. The second-order valence-electron chi connectivity index (χ2n) is 9.10. The Kier molecular flexibility index (Phi) is 9.74. The van der Waals surface area contributed by atoms with Crippen molar-refractivity contribution in [2.75, 3.05) is 13.2 Å². The van der Waals surface area contributed by atoms with Gasteiger partial charge in [-0.2, -0.15) is 0 Å². The maximum atomic E-state index is 13.5. The van der Waals surface area contributed by atoms with Crippen LogP contribution in [-0.2, 0) is 22.6 Å². The summed E-state index contributed by atoms with van der Waals surface area (Å²) in [6.07, 6.45) is 0.390. The van der Waals surface area contributed by atoms with Crippen molar-refractivity contribution in [3.63, 3.8) is 0 Å². The average Bonchev–Trinajstić information content (AvgIpc) is 2.85. The van der Waals surface area contributed by atoms with Crippen LogP contribution in [0.2, 0.25) is 5.02 Å². The van der Waals surface area contributed by atoms with E-state index in [1.165, 1.54) is 0 Å². The largest absolute Gasteiger partial charge is 0.484 e. The molecule has 0 saturated heterocycles. The predicted octanol–water partition coefficient (Wildman–Crippen LogP) is 5.44. The molecule has 0 heterocycles. The molecule has 0 aliphatic heterocycles. The third kappa shape index (κ3) is 8.45. The third-order valence-corrected chi connectivity index (χ3v) is 5.82. The Labute approximate surface area is 213 Å². The Morgan fingerprint density at radius 3 is 2.29 bits per heavy atom. The molecule has 3 aromatic rings. The third-order valence-electron chi connectivity index (χ3n) is 5.58. The summed E-state index contributed by atoms with van der Waals surface area (Å²) in [4.78, 5) is 28.5. The van der Waals surface area contributed by atoms with E-state index in [1.54, 1.807) is 11.0 Å². The molecule has 0 spiro atoms. The Balaban J connectivity index is 1.89. The molecule has 5 nitrogen and oxygen atoms in total. The van der Waals surface area contributed by atoms with Crippen molar-refractivity contribution in [2.45, 2.75) is 39.8 Å². The van der Waals surface area contributed by atoms with E-state index in [1.807, 2.05) is 93.6 Å². The van der Waals surface area contributed by atoms with Crippen LogP contribution in [-0.4, -0.2) is 35.9 Å². The summed E-state index contributed by atoms with van der Waals surface area (Å²) in [6, 6.07) is 23.9. The van der Waals surface area contributed by atoms with Crippen molar-refractivity contribution in [2.24, 2.45) is 5.92 Å². The molecule has 0 aliphatic carbocycles. The van der Waals surface area contributed by atoms with Crippen molar-refractivity contribution < 1.29 is 14.3 Å². The van der Waals surface area contributed by atoms with Gasteiger partial charge in [-0.15, -0.1) is 0 Å². The first-order chi connectivity index (χ1) is 16.8. The number of ether oxygens (including phenoxy) is 1. The Morgan fingerprint density at radius 2 is 1.63 bits per heavy atom. The van der Waals surface area contributed by atoms with Gasteiger partial charge >= 0.3 is 0 Å². The summed E-state index contributed by atoms with van der Waals surface area (Å²) in [5.74, 6) is 0.438. The van der Waals surface area contributed by atoms with E-state index in [0.29, 0.717) is 29.7 Å². The molecule has 6 heteroatoms. The number of halogens is 1. The van der Waals surface area contributed by atoms with Gasteiger partial charge in [0.2, 0.25) is 5.91 Å². The smallest absolute Gasteiger partial charge is 0.261 e. The van der Waals surface area contributed by atoms with Gasteiger partial charge in [-0.25, -0.2) is 0 Å².